The molecule has 19 heavy (non-hydrogen) atoms. The molecular weight excluding hydrogens is 256 g/mol. The zero-order chi connectivity index (χ0) is 14.4. The van der Waals surface area contributed by atoms with Crippen molar-refractivity contribution in [3.63, 3.8) is 0 Å². The van der Waals surface area contributed by atoms with Crippen molar-refractivity contribution in [2.24, 2.45) is 11.5 Å². The molecule has 1 atom stereocenters. The molecule has 0 aliphatic rings. The fraction of sp³-hybridized carbons (Fsp3) is 0.444. The number of carbonyl (C=O) groups excluding carboxylic acids is 2. The maximum Gasteiger partial charge on any atom is 0.358 e. The Morgan fingerprint density at radius 1 is 1.47 bits per heavy atom. The van der Waals surface area contributed by atoms with Gasteiger partial charge in [0, 0.05) is 6.54 Å². The van der Waals surface area contributed by atoms with Crippen LogP contribution in [0.2, 0.25) is 0 Å². The molecular formula is C9H14N6O4. The SMILES string of the molecule is NC(=O)CC(N)C(=O)NCCn1cc(C(=O)O)nn1. The van der Waals surface area contributed by atoms with Crippen molar-refractivity contribution in [1.29, 1.82) is 0 Å². The number of nitrogens with one attached hydrogen (secondary N) is 1. The number of aromatic carboxylic acids is 1. The van der Waals surface area contributed by atoms with Gasteiger partial charge in [-0.3, -0.25) is 9.59 Å². The summed E-state index contributed by atoms with van der Waals surface area (Å²) >= 11 is 0. The molecule has 10 heteroatoms. The Hall–Kier alpha value is -2.49. The first kappa shape index (κ1) is 14.6. The van der Waals surface area contributed by atoms with Crippen LogP contribution in [-0.2, 0) is 16.1 Å². The van der Waals surface area contributed by atoms with E-state index in [9.17, 15) is 14.4 Å². The maximum atomic E-state index is 11.4. The number of carboxylic acids is 1. The topological polar surface area (TPSA) is 166 Å². The Bertz CT molecular complexity index is 485. The molecule has 2 amide bonds. The lowest BCUT2D eigenvalue weighted by molar-refractivity contribution is -0.126. The molecule has 0 aliphatic carbocycles. The molecule has 1 heterocycles. The number of hydrogen-bond acceptors (Lipinski definition) is 6. The van der Waals surface area contributed by atoms with Crippen LogP contribution in [0.5, 0.6) is 0 Å². The summed E-state index contributed by atoms with van der Waals surface area (Å²) in [4.78, 5) is 32.5. The molecule has 1 rings (SSSR count). The second-order valence-electron chi connectivity index (χ2n) is 3.74. The van der Waals surface area contributed by atoms with E-state index in [1.807, 2.05) is 0 Å². The Kier molecular flexibility index (Phi) is 4.94. The summed E-state index contributed by atoms with van der Waals surface area (Å²) < 4.78 is 1.27. The minimum atomic E-state index is -1.18. The third-order valence-corrected chi connectivity index (χ3v) is 2.16. The molecule has 1 aromatic rings. The summed E-state index contributed by atoms with van der Waals surface area (Å²) in [5, 5.41) is 18.0. The van der Waals surface area contributed by atoms with Gasteiger partial charge in [-0.15, -0.1) is 5.10 Å². The van der Waals surface area contributed by atoms with Crippen LogP contribution in [0.15, 0.2) is 6.20 Å². The van der Waals surface area contributed by atoms with Gasteiger partial charge in [0.15, 0.2) is 5.69 Å². The van der Waals surface area contributed by atoms with Crippen molar-refractivity contribution in [3.05, 3.63) is 11.9 Å². The molecule has 1 unspecified atom stereocenters. The highest BCUT2D eigenvalue weighted by Gasteiger charge is 2.15. The molecule has 0 spiro atoms. The lowest BCUT2D eigenvalue weighted by Gasteiger charge is -2.10. The van der Waals surface area contributed by atoms with Crippen LogP contribution in [0.3, 0.4) is 0 Å². The van der Waals surface area contributed by atoms with Crippen molar-refractivity contribution in [3.8, 4) is 0 Å². The summed E-state index contributed by atoms with van der Waals surface area (Å²) in [6.45, 7) is 0.406. The number of carboxylic acid groups (broad SMARTS) is 1. The van der Waals surface area contributed by atoms with E-state index in [0.717, 1.165) is 0 Å². The van der Waals surface area contributed by atoms with Gasteiger partial charge < -0.3 is 21.9 Å². The third kappa shape index (κ3) is 4.71. The van der Waals surface area contributed by atoms with Gasteiger partial charge in [0.25, 0.3) is 0 Å². The van der Waals surface area contributed by atoms with E-state index >= 15 is 0 Å². The predicted molar refractivity (Wildman–Crippen MR) is 61.8 cm³/mol. The largest absolute Gasteiger partial charge is 0.476 e. The van der Waals surface area contributed by atoms with Crippen LogP contribution < -0.4 is 16.8 Å². The molecule has 10 nitrogen and oxygen atoms in total. The van der Waals surface area contributed by atoms with Crippen LogP contribution >= 0.6 is 0 Å². The van der Waals surface area contributed by atoms with E-state index in [-0.39, 0.29) is 25.2 Å². The lowest BCUT2D eigenvalue weighted by Crippen LogP contribution is -2.43. The number of nitrogens with two attached hydrogens (primary N) is 2. The van der Waals surface area contributed by atoms with Crippen molar-refractivity contribution in [2.45, 2.75) is 19.0 Å². The van der Waals surface area contributed by atoms with E-state index in [1.165, 1.54) is 10.9 Å². The Morgan fingerprint density at radius 3 is 2.68 bits per heavy atom. The second-order valence-corrected chi connectivity index (χ2v) is 3.74. The monoisotopic (exact) mass is 270 g/mol. The lowest BCUT2D eigenvalue weighted by atomic mass is 10.2. The fourth-order valence-corrected chi connectivity index (χ4v) is 1.24. The van der Waals surface area contributed by atoms with Gasteiger partial charge in [0.1, 0.15) is 0 Å². The summed E-state index contributed by atoms with van der Waals surface area (Å²) in [6, 6.07) is -0.997. The minimum absolute atomic E-state index is 0.174. The van der Waals surface area contributed by atoms with Crippen LogP contribution in [0.25, 0.3) is 0 Å². The molecule has 0 aromatic carbocycles. The van der Waals surface area contributed by atoms with E-state index in [4.69, 9.17) is 16.6 Å². The Balaban J connectivity index is 2.35. The highest BCUT2D eigenvalue weighted by Crippen LogP contribution is 1.92. The molecule has 0 bridgehead atoms. The van der Waals surface area contributed by atoms with Crippen LogP contribution in [0.1, 0.15) is 16.9 Å². The normalized spacial score (nSPS) is 11.8. The number of primary amides is 1. The first-order chi connectivity index (χ1) is 8.90. The number of rotatable bonds is 7. The maximum absolute atomic E-state index is 11.4. The number of carbonyl (C=O) groups is 3. The smallest absolute Gasteiger partial charge is 0.358 e. The number of hydrogen-bond donors (Lipinski definition) is 4. The summed E-state index contributed by atoms with van der Waals surface area (Å²) in [5.41, 5.74) is 10.1. The van der Waals surface area contributed by atoms with E-state index in [0.29, 0.717) is 0 Å². The zero-order valence-corrected chi connectivity index (χ0v) is 9.94. The first-order valence-electron chi connectivity index (χ1n) is 5.35. The minimum Gasteiger partial charge on any atom is -0.476 e. The fourth-order valence-electron chi connectivity index (χ4n) is 1.24. The Morgan fingerprint density at radius 2 is 2.16 bits per heavy atom. The van der Waals surface area contributed by atoms with Crippen molar-refractivity contribution in [1.82, 2.24) is 20.3 Å². The third-order valence-electron chi connectivity index (χ3n) is 2.16. The van der Waals surface area contributed by atoms with Gasteiger partial charge in [-0.1, -0.05) is 5.21 Å². The molecule has 104 valence electrons. The Labute approximate surface area is 107 Å². The molecule has 0 saturated heterocycles. The average molecular weight is 270 g/mol. The number of amides is 2. The van der Waals surface area contributed by atoms with Crippen molar-refractivity contribution >= 4 is 17.8 Å². The number of nitrogens with zero attached hydrogens (tertiary/aromatic N) is 3. The molecule has 6 N–H and O–H groups in total. The van der Waals surface area contributed by atoms with E-state index in [2.05, 4.69) is 15.6 Å². The van der Waals surface area contributed by atoms with Gasteiger partial charge in [0.2, 0.25) is 11.8 Å². The molecule has 0 radical (unpaired) electrons. The van der Waals surface area contributed by atoms with Crippen molar-refractivity contribution < 1.29 is 19.5 Å². The van der Waals surface area contributed by atoms with Gasteiger partial charge in [-0.2, -0.15) is 0 Å². The first-order valence-corrected chi connectivity index (χ1v) is 5.35. The van der Waals surface area contributed by atoms with Gasteiger partial charge in [-0.05, 0) is 0 Å². The van der Waals surface area contributed by atoms with Crippen LogP contribution in [0, 0.1) is 0 Å². The van der Waals surface area contributed by atoms with Crippen LogP contribution in [-0.4, -0.2) is 50.5 Å². The predicted octanol–water partition coefficient (Wildman–Crippen LogP) is -2.70. The zero-order valence-electron chi connectivity index (χ0n) is 9.94. The molecule has 0 aliphatic heterocycles. The summed E-state index contributed by atoms with van der Waals surface area (Å²) in [7, 11) is 0. The number of aromatic nitrogens is 3. The van der Waals surface area contributed by atoms with Gasteiger partial charge in [0.05, 0.1) is 25.2 Å². The standard InChI is InChI=1S/C9H14N6O4/c10-5(3-7(11)16)8(17)12-1-2-15-4-6(9(18)19)13-14-15/h4-5H,1-3,10H2,(H2,11,16)(H,12,17)(H,18,19). The summed E-state index contributed by atoms with van der Waals surface area (Å²) in [6.07, 6.45) is 0.996. The molecule has 0 fully saturated rings. The average Bonchev–Trinajstić information content (AvgIpc) is 2.76. The second kappa shape index (κ2) is 6.44. The van der Waals surface area contributed by atoms with Gasteiger partial charge >= 0.3 is 5.97 Å². The quantitative estimate of drug-likeness (QED) is 0.418. The van der Waals surface area contributed by atoms with E-state index < -0.39 is 23.8 Å². The highest BCUT2D eigenvalue weighted by molar-refractivity contribution is 5.87. The van der Waals surface area contributed by atoms with Gasteiger partial charge in [-0.25, -0.2) is 9.48 Å². The summed E-state index contributed by atoms with van der Waals surface area (Å²) in [5.74, 6) is -2.36. The molecule has 0 saturated carbocycles. The van der Waals surface area contributed by atoms with E-state index in [1.54, 1.807) is 0 Å². The molecule has 1 aromatic heterocycles. The van der Waals surface area contributed by atoms with Crippen molar-refractivity contribution in [2.75, 3.05) is 6.54 Å². The van der Waals surface area contributed by atoms with Crippen LogP contribution in [0.4, 0.5) is 0 Å². The highest BCUT2D eigenvalue weighted by atomic mass is 16.4.